The summed E-state index contributed by atoms with van der Waals surface area (Å²) in [5.41, 5.74) is 0. The zero-order chi connectivity index (χ0) is 22.8. The van der Waals surface area contributed by atoms with E-state index in [0.717, 1.165) is 44.9 Å². The Morgan fingerprint density at radius 2 is 1.19 bits per heavy atom. The first-order valence-corrected chi connectivity index (χ1v) is 13.5. The molecule has 0 aromatic heterocycles. The van der Waals surface area contributed by atoms with Crippen LogP contribution in [0.4, 0.5) is 0 Å². The summed E-state index contributed by atoms with van der Waals surface area (Å²) in [7, 11) is 0. The first kappa shape index (κ1) is 23.8. The molecule has 0 aromatic carbocycles. The summed E-state index contributed by atoms with van der Waals surface area (Å²) in [5, 5.41) is 0. The lowest BCUT2D eigenvalue weighted by atomic mass is 9.65. The molecule has 0 heterocycles. The average Bonchev–Trinajstić information content (AvgIpc) is 3.57. The van der Waals surface area contributed by atoms with Gasteiger partial charge in [-0.2, -0.15) is 0 Å². The maximum absolute atomic E-state index is 13.4. The van der Waals surface area contributed by atoms with Crippen LogP contribution in [-0.2, 0) is 19.1 Å². The van der Waals surface area contributed by atoms with Crippen LogP contribution < -0.4 is 0 Å². The fraction of sp³-hybridized carbons (Fsp3) is 0.857. The minimum Gasteiger partial charge on any atom is -0.465 e. The van der Waals surface area contributed by atoms with Crippen molar-refractivity contribution in [3.05, 3.63) is 12.2 Å². The van der Waals surface area contributed by atoms with Gasteiger partial charge in [0.25, 0.3) is 0 Å². The topological polar surface area (TPSA) is 52.6 Å². The second-order valence-corrected chi connectivity index (χ2v) is 11.1. The van der Waals surface area contributed by atoms with Crippen LogP contribution in [0, 0.1) is 59.2 Å². The maximum Gasteiger partial charge on any atom is 0.310 e. The predicted molar refractivity (Wildman–Crippen MR) is 126 cm³/mol. The Hall–Kier alpha value is -1.32. The van der Waals surface area contributed by atoms with Gasteiger partial charge in [-0.25, -0.2) is 0 Å². The first-order valence-electron chi connectivity index (χ1n) is 13.5. The normalized spacial score (nSPS) is 38.0. The van der Waals surface area contributed by atoms with Crippen LogP contribution >= 0.6 is 0 Å². The molecular formula is C28H44O4. The van der Waals surface area contributed by atoms with Crippen LogP contribution in [0.1, 0.15) is 79.1 Å². The second kappa shape index (κ2) is 10.3. The van der Waals surface area contributed by atoms with Crippen molar-refractivity contribution in [2.24, 2.45) is 59.2 Å². The number of esters is 2. The van der Waals surface area contributed by atoms with Gasteiger partial charge in [0.2, 0.25) is 0 Å². The van der Waals surface area contributed by atoms with Crippen LogP contribution in [0.15, 0.2) is 12.2 Å². The quantitative estimate of drug-likeness (QED) is 0.209. The van der Waals surface area contributed by atoms with Crippen molar-refractivity contribution < 1.29 is 19.1 Å². The number of carbonyl (C=O) groups is 2. The van der Waals surface area contributed by atoms with Gasteiger partial charge in [-0.3, -0.25) is 9.59 Å². The summed E-state index contributed by atoms with van der Waals surface area (Å²) >= 11 is 0. The van der Waals surface area contributed by atoms with Crippen LogP contribution in [-0.4, -0.2) is 25.2 Å². The number of fused-ring (bicyclic) bond motifs is 9. The van der Waals surface area contributed by atoms with Crippen LogP contribution in [0.3, 0.4) is 0 Å². The molecular weight excluding hydrogens is 400 g/mol. The van der Waals surface area contributed by atoms with E-state index in [4.69, 9.17) is 9.47 Å². The van der Waals surface area contributed by atoms with Gasteiger partial charge in [-0.05, 0) is 73.0 Å². The Morgan fingerprint density at radius 3 is 1.56 bits per heavy atom. The van der Waals surface area contributed by atoms with E-state index in [2.05, 4.69) is 39.8 Å². The van der Waals surface area contributed by atoms with Crippen molar-refractivity contribution >= 4 is 11.9 Å². The molecule has 0 radical (unpaired) electrons. The largest absolute Gasteiger partial charge is 0.465 e. The Labute approximate surface area is 194 Å². The third kappa shape index (κ3) is 4.28. The number of ether oxygens (including phenoxy) is 2. The van der Waals surface area contributed by atoms with E-state index >= 15 is 0 Å². The highest BCUT2D eigenvalue weighted by molar-refractivity contribution is 5.84. The van der Waals surface area contributed by atoms with Crippen molar-refractivity contribution in [3.8, 4) is 0 Å². The highest BCUT2D eigenvalue weighted by Crippen LogP contribution is 2.69. The monoisotopic (exact) mass is 444 g/mol. The average molecular weight is 445 g/mol. The van der Waals surface area contributed by atoms with Crippen molar-refractivity contribution in [1.29, 1.82) is 0 Å². The summed E-state index contributed by atoms with van der Waals surface area (Å²) in [6, 6.07) is 0. The van der Waals surface area contributed by atoms with Gasteiger partial charge in [-0.15, -0.1) is 0 Å². The smallest absolute Gasteiger partial charge is 0.310 e. The van der Waals surface area contributed by atoms with Gasteiger partial charge in [0.05, 0.1) is 25.0 Å². The van der Waals surface area contributed by atoms with Crippen molar-refractivity contribution in [2.45, 2.75) is 79.1 Å². The second-order valence-electron chi connectivity index (χ2n) is 11.1. The molecule has 10 atom stereocenters. The van der Waals surface area contributed by atoms with E-state index < -0.39 is 0 Å². The first-order chi connectivity index (χ1) is 15.5. The zero-order valence-electron chi connectivity index (χ0n) is 20.6. The molecule has 180 valence electrons. The van der Waals surface area contributed by atoms with Crippen LogP contribution in [0.2, 0.25) is 0 Å². The summed E-state index contributed by atoms with van der Waals surface area (Å²) in [4.78, 5) is 26.8. The maximum atomic E-state index is 13.4. The molecule has 0 spiro atoms. The number of rotatable bonds is 12. The summed E-state index contributed by atoms with van der Waals surface area (Å²) < 4.78 is 11.8. The highest BCUT2D eigenvalue weighted by Gasteiger charge is 2.68. The number of carbonyl (C=O) groups excluding carboxylic acids is 2. The molecule has 32 heavy (non-hydrogen) atoms. The SMILES string of the molecule is CCCC(CC)COC(=O)C1C2CC(C1C(=O)OCC(CC)CCC)C1C3C=CC(C3)C21. The van der Waals surface area contributed by atoms with Gasteiger partial charge in [-0.1, -0.05) is 65.5 Å². The predicted octanol–water partition coefficient (Wildman–Crippen LogP) is 6.05. The molecule has 4 rings (SSSR count). The molecule has 4 aliphatic carbocycles. The fourth-order valence-electron chi connectivity index (χ4n) is 7.90. The highest BCUT2D eigenvalue weighted by atomic mass is 16.5. The zero-order valence-corrected chi connectivity index (χ0v) is 20.6. The van der Waals surface area contributed by atoms with E-state index in [1.165, 1.54) is 6.42 Å². The lowest BCUT2D eigenvalue weighted by molar-refractivity contribution is -0.168. The molecule has 3 fully saturated rings. The van der Waals surface area contributed by atoms with E-state index in [1.807, 2.05) is 0 Å². The lowest BCUT2D eigenvalue weighted by Crippen LogP contribution is -2.45. The molecule has 0 N–H and O–H groups in total. The third-order valence-electron chi connectivity index (χ3n) is 9.44. The van der Waals surface area contributed by atoms with E-state index in [-0.39, 0.29) is 23.8 Å². The summed E-state index contributed by atoms with van der Waals surface area (Å²) in [5.74, 6) is 2.91. The van der Waals surface area contributed by atoms with Crippen LogP contribution in [0.5, 0.6) is 0 Å². The minimum absolute atomic E-state index is 0.125. The number of hydrogen-bond acceptors (Lipinski definition) is 4. The Kier molecular flexibility index (Phi) is 7.67. The van der Waals surface area contributed by atoms with Crippen LogP contribution in [0.25, 0.3) is 0 Å². The number of allylic oxidation sites excluding steroid dienone is 2. The van der Waals surface area contributed by atoms with Crippen molar-refractivity contribution in [3.63, 3.8) is 0 Å². The lowest BCUT2D eigenvalue weighted by Gasteiger charge is -2.39. The molecule has 0 aromatic rings. The standard InChI is InChI=1S/C28H44O4/c1-5-9-17(7-3)15-31-27(29)25-21-14-22(24-20-12-11-19(13-20)23(21)24)26(25)28(30)32-16-18(8-4)10-6-2/h11-12,17-26H,5-10,13-16H2,1-4H3. The van der Waals surface area contributed by atoms with Crippen molar-refractivity contribution in [1.82, 2.24) is 0 Å². The third-order valence-corrected chi connectivity index (χ3v) is 9.44. The van der Waals surface area contributed by atoms with Gasteiger partial charge in [0.1, 0.15) is 0 Å². The van der Waals surface area contributed by atoms with Crippen molar-refractivity contribution in [2.75, 3.05) is 13.2 Å². The molecule has 0 amide bonds. The van der Waals surface area contributed by atoms with Gasteiger partial charge in [0, 0.05) is 0 Å². The molecule has 4 bridgehead atoms. The van der Waals surface area contributed by atoms with Gasteiger partial charge in [0.15, 0.2) is 0 Å². The molecule has 10 unspecified atom stereocenters. The fourth-order valence-corrected chi connectivity index (χ4v) is 7.90. The number of hydrogen-bond donors (Lipinski definition) is 0. The Bertz CT molecular complexity index is 644. The molecule has 0 aliphatic heterocycles. The van der Waals surface area contributed by atoms with Gasteiger partial charge >= 0.3 is 11.9 Å². The van der Waals surface area contributed by atoms with E-state index in [9.17, 15) is 9.59 Å². The Morgan fingerprint density at radius 1 is 0.750 bits per heavy atom. The minimum atomic E-state index is -0.299. The van der Waals surface area contributed by atoms with E-state index in [1.54, 1.807) is 0 Å². The summed E-state index contributed by atoms with van der Waals surface area (Å²) in [6.45, 7) is 9.67. The molecule has 4 nitrogen and oxygen atoms in total. The molecule has 0 saturated heterocycles. The van der Waals surface area contributed by atoms with Gasteiger partial charge < -0.3 is 9.47 Å². The molecule has 3 saturated carbocycles. The Balaban J connectivity index is 1.48. The van der Waals surface area contributed by atoms with E-state index in [0.29, 0.717) is 60.6 Å². The molecule has 4 heteroatoms. The molecule has 4 aliphatic rings. The summed E-state index contributed by atoms with van der Waals surface area (Å²) in [6.07, 6.45) is 13.4.